The van der Waals surface area contributed by atoms with Crippen LogP contribution < -0.4 is 5.73 Å². The number of allylic oxidation sites excluding steroid dienone is 6. The Balaban J connectivity index is 4.07. The Bertz CT molecular complexity index is 1060. The number of phosphoric acid groups is 1. The van der Waals surface area contributed by atoms with Crippen molar-refractivity contribution in [2.24, 2.45) is 5.73 Å². The van der Waals surface area contributed by atoms with Crippen molar-refractivity contribution in [1.82, 2.24) is 0 Å². The lowest BCUT2D eigenvalue weighted by molar-refractivity contribution is -0.161. The molecule has 59 heavy (non-hydrogen) atoms. The molecule has 10 heteroatoms. The topological polar surface area (TPSA) is 134 Å². The Morgan fingerprint density at radius 1 is 0.508 bits per heavy atom. The molecular formula is C49H92NO8P. The van der Waals surface area contributed by atoms with Crippen LogP contribution in [0.2, 0.25) is 0 Å². The zero-order chi connectivity index (χ0) is 43.2. The molecule has 0 aliphatic carbocycles. The smallest absolute Gasteiger partial charge is 0.462 e. The second-order valence-corrected chi connectivity index (χ2v) is 17.8. The first-order chi connectivity index (χ1) is 28.8. The van der Waals surface area contributed by atoms with Crippen LogP contribution in [0.4, 0.5) is 0 Å². The average Bonchev–Trinajstić information content (AvgIpc) is 3.22. The molecule has 0 heterocycles. The van der Waals surface area contributed by atoms with E-state index in [1.807, 2.05) is 0 Å². The van der Waals surface area contributed by atoms with Crippen LogP contribution in [0.25, 0.3) is 0 Å². The van der Waals surface area contributed by atoms with Gasteiger partial charge in [0.05, 0.1) is 13.2 Å². The number of hydrogen-bond donors (Lipinski definition) is 2. The largest absolute Gasteiger partial charge is 0.472 e. The first-order valence-corrected chi connectivity index (χ1v) is 26.0. The third kappa shape index (κ3) is 45.6. The Morgan fingerprint density at radius 2 is 0.898 bits per heavy atom. The van der Waals surface area contributed by atoms with Crippen molar-refractivity contribution in [3.63, 3.8) is 0 Å². The number of phosphoric ester groups is 1. The highest BCUT2D eigenvalue weighted by molar-refractivity contribution is 7.47. The highest BCUT2D eigenvalue weighted by Crippen LogP contribution is 2.43. The maximum Gasteiger partial charge on any atom is 0.472 e. The summed E-state index contributed by atoms with van der Waals surface area (Å²) in [4.78, 5) is 34.9. The summed E-state index contributed by atoms with van der Waals surface area (Å²) in [6.45, 7) is 3.69. The molecule has 0 bridgehead atoms. The van der Waals surface area contributed by atoms with E-state index in [2.05, 4.69) is 50.3 Å². The lowest BCUT2D eigenvalue weighted by Gasteiger charge is -2.19. The van der Waals surface area contributed by atoms with Gasteiger partial charge in [0.25, 0.3) is 0 Å². The summed E-state index contributed by atoms with van der Waals surface area (Å²) in [7, 11) is -4.39. The molecule has 9 nitrogen and oxygen atoms in total. The van der Waals surface area contributed by atoms with E-state index in [0.29, 0.717) is 12.8 Å². The van der Waals surface area contributed by atoms with Crippen molar-refractivity contribution in [3.8, 4) is 0 Å². The minimum absolute atomic E-state index is 0.0479. The molecule has 0 spiro atoms. The van der Waals surface area contributed by atoms with Crippen LogP contribution in [-0.2, 0) is 32.7 Å². The van der Waals surface area contributed by atoms with Gasteiger partial charge in [-0.25, -0.2) is 4.57 Å². The summed E-state index contributed by atoms with van der Waals surface area (Å²) in [5.74, 6) is -0.876. The summed E-state index contributed by atoms with van der Waals surface area (Å²) >= 11 is 0. The second-order valence-electron chi connectivity index (χ2n) is 16.3. The zero-order valence-corrected chi connectivity index (χ0v) is 39.1. The van der Waals surface area contributed by atoms with Crippen molar-refractivity contribution in [2.45, 2.75) is 238 Å². The van der Waals surface area contributed by atoms with Gasteiger partial charge in [0.15, 0.2) is 6.10 Å². The van der Waals surface area contributed by atoms with Crippen LogP contribution in [0, 0.1) is 0 Å². The summed E-state index contributed by atoms with van der Waals surface area (Å²) in [5.41, 5.74) is 5.35. The molecule has 0 radical (unpaired) electrons. The maximum absolute atomic E-state index is 12.6. The van der Waals surface area contributed by atoms with Gasteiger partial charge in [-0.1, -0.05) is 192 Å². The van der Waals surface area contributed by atoms with Gasteiger partial charge >= 0.3 is 19.8 Å². The molecule has 0 saturated carbocycles. The lowest BCUT2D eigenvalue weighted by Crippen LogP contribution is -2.29. The van der Waals surface area contributed by atoms with Crippen LogP contribution in [-0.4, -0.2) is 49.3 Å². The van der Waals surface area contributed by atoms with E-state index in [-0.39, 0.29) is 32.6 Å². The fourth-order valence-corrected chi connectivity index (χ4v) is 7.61. The van der Waals surface area contributed by atoms with Crippen molar-refractivity contribution in [3.05, 3.63) is 36.5 Å². The summed E-state index contributed by atoms with van der Waals surface area (Å²) in [6.07, 6.45) is 52.0. The molecule has 0 rings (SSSR count). The van der Waals surface area contributed by atoms with E-state index in [9.17, 15) is 19.0 Å². The highest BCUT2D eigenvalue weighted by Gasteiger charge is 2.26. The molecule has 0 aromatic rings. The first-order valence-electron chi connectivity index (χ1n) is 24.5. The van der Waals surface area contributed by atoms with Gasteiger partial charge in [-0.3, -0.25) is 18.6 Å². The Kier molecular flexibility index (Phi) is 44.4. The lowest BCUT2D eigenvalue weighted by atomic mass is 10.0. The van der Waals surface area contributed by atoms with Gasteiger partial charge in [-0.2, -0.15) is 0 Å². The molecule has 0 aromatic heterocycles. The predicted octanol–water partition coefficient (Wildman–Crippen LogP) is 14.5. The van der Waals surface area contributed by atoms with Crippen LogP contribution >= 0.6 is 7.82 Å². The van der Waals surface area contributed by atoms with E-state index < -0.39 is 32.5 Å². The van der Waals surface area contributed by atoms with Crippen molar-refractivity contribution in [1.29, 1.82) is 0 Å². The summed E-state index contributed by atoms with van der Waals surface area (Å²) in [6, 6.07) is 0. The van der Waals surface area contributed by atoms with E-state index in [0.717, 1.165) is 51.4 Å². The molecule has 0 aromatic carbocycles. The Hall–Kier alpha value is -1.77. The standard InChI is InChI=1S/C49H92NO8P/c1-3-5-7-9-11-13-15-17-19-20-21-22-23-24-25-26-28-29-31-33-35-37-39-41-48(51)55-45-47(46-57-59(53,54)56-44-43-50)58-49(52)42-40-38-36-34-32-30-27-18-16-14-12-10-8-6-4-2/h12,14,18,27,33,35,47H,3-11,13,15-17,19-26,28-32,34,36-46,50H2,1-2H3,(H,53,54)/b14-12+,27-18+,35-33+/t47-/m0/s1. The quantitative estimate of drug-likeness (QED) is 0.0265. The Morgan fingerprint density at radius 3 is 1.39 bits per heavy atom. The fourth-order valence-electron chi connectivity index (χ4n) is 6.85. The molecule has 0 amide bonds. The molecule has 0 fully saturated rings. The molecule has 3 N–H and O–H groups in total. The maximum atomic E-state index is 12.6. The Labute approximate surface area is 363 Å². The van der Waals surface area contributed by atoms with Crippen LogP contribution in [0.3, 0.4) is 0 Å². The van der Waals surface area contributed by atoms with E-state index >= 15 is 0 Å². The highest BCUT2D eigenvalue weighted by atomic mass is 31.2. The fraction of sp³-hybridized carbons (Fsp3) is 0.837. The molecule has 0 aliphatic heterocycles. The van der Waals surface area contributed by atoms with Crippen molar-refractivity contribution < 1.29 is 37.6 Å². The predicted molar refractivity (Wildman–Crippen MR) is 247 cm³/mol. The average molecular weight is 854 g/mol. The number of rotatable bonds is 46. The van der Waals surface area contributed by atoms with Gasteiger partial charge in [-0.05, 0) is 64.2 Å². The number of nitrogens with two attached hydrogens (primary N) is 1. The number of ether oxygens (including phenoxy) is 2. The van der Waals surface area contributed by atoms with Crippen molar-refractivity contribution in [2.75, 3.05) is 26.4 Å². The van der Waals surface area contributed by atoms with Gasteiger partial charge in [-0.15, -0.1) is 0 Å². The number of hydrogen-bond acceptors (Lipinski definition) is 8. The van der Waals surface area contributed by atoms with Gasteiger partial charge in [0, 0.05) is 19.4 Å². The third-order valence-electron chi connectivity index (χ3n) is 10.5. The van der Waals surface area contributed by atoms with Gasteiger partial charge < -0.3 is 20.1 Å². The minimum Gasteiger partial charge on any atom is -0.462 e. The molecular weight excluding hydrogens is 762 g/mol. The molecule has 346 valence electrons. The minimum atomic E-state index is -4.39. The van der Waals surface area contributed by atoms with E-state index in [4.69, 9.17) is 24.3 Å². The first kappa shape index (κ1) is 57.2. The molecule has 2 atom stereocenters. The van der Waals surface area contributed by atoms with E-state index in [1.54, 1.807) is 0 Å². The third-order valence-corrected chi connectivity index (χ3v) is 11.5. The second kappa shape index (κ2) is 45.7. The van der Waals surface area contributed by atoms with Gasteiger partial charge in [0.1, 0.15) is 6.61 Å². The van der Waals surface area contributed by atoms with Crippen LogP contribution in [0.15, 0.2) is 36.5 Å². The van der Waals surface area contributed by atoms with Crippen molar-refractivity contribution >= 4 is 19.8 Å². The number of esters is 2. The number of unbranched alkanes of at least 4 members (excludes halogenated alkanes) is 27. The molecule has 1 unspecified atom stereocenters. The zero-order valence-electron chi connectivity index (χ0n) is 38.2. The van der Waals surface area contributed by atoms with E-state index in [1.165, 1.54) is 141 Å². The number of carbonyl (C=O) groups excluding carboxylic acids is 2. The number of carbonyl (C=O) groups is 2. The SMILES string of the molecule is CCCCC/C=C/C/C=C/CCCCCCCC(=O)O[C@@H](COC(=O)CCC/C=C/CCCCCCCCCCCCCCCCCCCC)COP(=O)(O)OCCN. The molecule has 0 aliphatic rings. The summed E-state index contributed by atoms with van der Waals surface area (Å²) < 4.78 is 32.8. The van der Waals surface area contributed by atoms with Crippen LogP contribution in [0.5, 0.6) is 0 Å². The molecule has 0 saturated heterocycles. The monoisotopic (exact) mass is 854 g/mol. The summed E-state index contributed by atoms with van der Waals surface area (Å²) in [5, 5.41) is 0. The van der Waals surface area contributed by atoms with Crippen LogP contribution in [0.1, 0.15) is 232 Å². The van der Waals surface area contributed by atoms with Gasteiger partial charge in [0.2, 0.25) is 0 Å². The normalized spacial score (nSPS) is 13.5.